The third-order valence-corrected chi connectivity index (χ3v) is 3.11. The molecule has 0 aliphatic carbocycles. The molecule has 1 aliphatic heterocycles. The fourth-order valence-corrected chi connectivity index (χ4v) is 1.89. The van der Waals surface area contributed by atoms with Gasteiger partial charge >= 0.3 is 0 Å². The first-order valence-corrected chi connectivity index (χ1v) is 5.77. The average molecular weight is 201 g/mol. The van der Waals surface area contributed by atoms with Crippen molar-refractivity contribution in [3.63, 3.8) is 0 Å². The summed E-state index contributed by atoms with van der Waals surface area (Å²) in [4.78, 5) is 0. The van der Waals surface area contributed by atoms with E-state index in [0.29, 0.717) is 18.5 Å². The molecule has 2 atom stereocenters. The van der Waals surface area contributed by atoms with Crippen molar-refractivity contribution in [3.8, 4) is 0 Å². The van der Waals surface area contributed by atoms with E-state index in [1.807, 2.05) is 0 Å². The Morgan fingerprint density at radius 1 is 1.43 bits per heavy atom. The Bertz CT molecular complexity index is 142. The number of aliphatic hydroxyl groups is 1. The smallest absolute Gasteiger partial charge is 0.0715 e. The van der Waals surface area contributed by atoms with Crippen LogP contribution < -0.4 is 5.32 Å². The van der Waals surface area contributed by atoms with Crippen LogP contribution in [0.15, 0.2) is 0 Å². The van der Waals surface area contributed by atoms with Gasteiger partial charge in [0.1, 0.15) is 0 Å². The van der Waals surface area contributed by atoms with E-state index in [-0.39, 0.29) is 6.10 Å². The third kappa shape index (κ3) is 3.56. The largest absolute Gasteiger partial charge is 0.391 e. The summed E-state index contributed by atoms with van der Waals surface area (Å²) < 4.78 is 5.25. The zero-order valence-electron chi connectivity index (χ0n) is 9.33. The SMILES string of the molecule is CCC(CC)NCC(O)C1CCOC1. The molecule has 0 aromatic heterocycles. The van der Waals surface area contributed by atoms with Gasteiger partial charge in [-0.15, -0.1) is 0 Å². The van der Waals surface area contributed by atoms with E-state index in [9.17, 15) is 5.11 Å². The van der Waals surface area contributed by atoms with Crippen molar-refractivity contribution in [2.24, 2.45) is 5.92 Å². The molecule has 14 heavy (non-hydrogen) atoms. The van der Waals surface area contributed by atoms with Gasteiger partial charge in [-0.1, -0.05) is 13.8 Å². The Morgan fingerprint density at radius 2 is 2.14 bits per heavy atom. The second-order valence-electron chi connectivity index (χ2n) is 4.11. The lowest BCUT2D eigenvalue weighted by Gasteiger charge is -2.21. The van der Waals surface area contributed by atoms with Crippen LogP contribution in [0.4, 0.5) is 0 Å². The second kappa shape index (κ2) is 6.38. The number of hydrogen-bond acceptors (Lipinski definition) is 3. The monoisotopic (exact) mass is 201 g/mol. The Labute approximate surface area is 86.8 Å². The minimum absolute atomic E-state index is 0.238. The quantitative estimate of drug-likeness (QED) is 0.677. The highest BCUT2D eigenvalue weighted by Gasteiger charge is 2.23. The fraction of sp³-hybridized carbons (Fsp3) is 1.00. The summed E-state index contributed by atoms with van der Waals surface area (Å²) in [5, 5.41) is 13.2. The van der Waals surface area contributed by atoms with Gasteiger partial charge in [0.2, 0.25) is 0 Å². The van der Waals surface area contributed by atoms with Crippen LogP contribution in [0.25, 0.3) is 0 Å². The summed E-state index contributed by atoms with van der Waals surface area (Å²) in [5.41, 5.74) is 0. The van der Waals surface area contributed by atoms with Crippen molar-refractivity contribution < 1.29 is 9.84 Å². The molecule has 1 saturated heterocycles. The summed E-state index contributed by atoms with van der Waals surface area (Å²) >= 11 is 0. The molecule has 2 N–H and O–H groups in total. The molecule has 3 heteroatoms. The molecule has 1 rings (SSSR count). The molecule has 1 fully saturated rings. The number of ether oxygens (including phenoxy) is 1. The number of aliphatic hydroxyl groups excluding tert-OH is 1. The molecule has 0 aromatic carbocycles. The van der Waals surface area contributed by atoms with Crippen molar-refractivity contribution in [1.29, 1.82) is 0 Å². The van der Waals surface area contributed by atoms with E-state index in [1.54, 1.807) is 0 Å². The molecule has 0 radical (unpaired) electrons. The van der Waals surface area contributed by atoms with E-state index in [0.717, 1.165) is 32.5 Å². The molecule has 0 amide bonds. The van der Waals surface area contributed by atoms with Crippen LogP contribution in [0.1, 0.15) is 33.1 Å². The predicted molar refractivity (Wildman–Crippen MR) is 57.3 cm³/mol. The van der Waals surface area contributed by atoms with E-state index in [2.05, 4.69) is 19.2 Å². The van der Waals surface area contributed by atoms with E-state index in [1.165, 1.54) is 0 Å². The van der Waals surface area contributed by atoms with Gasteiger partial charge in [-0.3, -0.25) is 0 Å². The Balaban J connectivity index is 2.15. The average Bonchev–Trinajstić information content (AvgIpc) is 2.72. The van der Waals surface area contributed by atoms with Crippen LogP contribution in [-0.4, -0.2) is 37.0 Å². The first-order chi connectivity index (χ1) is 6.77. The van der Waals surface area contributed by atoms with Gasteiger partial charge in [-0.25, -0.2) is 0 Å². The summed E-state index contributed by atoms with van der Waals surface area (Å²) in [6.07, 6.45) is 3.03. The molecule has 1 aliphatic rings. The van der Waals surface area contributed by atoms with Gasteiger partial charge in [0.25, 0.3) is 0 Å². The molecule has 0 bridgehead atoms. The van der Waals surface area contributed by atoms with E-state index in [4.69, 9.17) is 4.74 Å². The minimum atomic E-state index is -0.238. The second-order valence-corrected chi connectivity index (χ2v) is 4.11. The van der Waals surface area contributed by atoms with Gasteiger partial charge in [0, 0.05) is 25.1 Å². The highest BCUT2D eigenvalue weighted by Crippen LogP contribution is 2.16. The Morgan fingerprint density at radius 3 is 2.64 bits per heavy atom. The van der Waals surface area contributed by atoms with Crippen molar-refractivity contribution >= 4 is 0 Å². The van der Waals surface area contributed by atoms with Gasteiger partial charge < -0.3 is 15.2 Å². The summed E-state index contributed by atoms with van der Waals surface area (Å²) in [5.74, 6) is 0.344. The molecular weight excluding hydrogens is 178 g/mol. The highest BCUT2D eigenvalue weighted by molar-refractivity contribution is 4.76. The zero-order chi connectivity index (χ0) is 10.4. The van der Waals surface area contributed by atoms with Crippen LogP contribution >= 0.6 is 0 Å². The van der Waals surface area contributed by atoms with E-state index >= 15 is 0 Å². The summed E-state index contributed by atoms with van der Waals surface area (Å²) in [6, 6.07) is 0.548. The fourth-order valence-electron chi connectivity index (χ4n) is 1.89. The topological polar surface area (TPSA) is 41.5 Å². The zero-order valence-corrected chi connectivity index (χ0v) is 9.33. The maximum atomic E-state index is 9.85. The van der Waals surface area contributed by atoms with Crippen LogP contribution in [0.3, 0.4) is 0 Å². The third-order valence-electron chi connectivity index (χ3n) is 3.11. The molecule has 3 nitrogen and oxygen atoms in total. The molecule has 2 unspecified atom stereocenters. The first-order valence-electron chi connectivity index (χ1n) is 5.77. The summed E-state index contributed by atoms with van der Waals surface area (Å²) in [7, 11) is 0. The van der Waals surface area contributed by atoms with Gasteiger partial charge in [-0.05, 0) is 19.3 Å². The first kappa shape index (κ1) is 12.0. The number of nitrogens with one attached hydrogen (secondary N) is 1. The molecule has 0 saturated carbocycles. The predicted octanol–water partition coefficient (Wildman–Crippen LogP) is 1.16. The molecule has 84 valence electrons. The lowest BCUT2D eigenvalue weighted by Crippen LogP contribution is -2.38. The van der Waals surface area contributed by atoms with Crippen LogP contribution in [0.5, 0.6) is 0 Å². The molecular formula is C11H23NO2. The van der Waals surface area contributed by atoms with Crippen LogP contribution in [0.2, 0.25) is 0 Å². The summed E-state index contributed by atoms with van der Waals surface area (Å²) in [6.45, 7) is 6.59. The van der Waals surface area contributed by atoms with Gasteiger partial charge in [0.15, 0.2) is 0 Å². The van der Waals surface area contributed by atoms with Crippen LogP contribution in [-0.2, 0) is 4.74 Å². The lowest BCUT2D eigenvalue weighted by molar-refractivity contribution is 0.0881. The highest BCUT2D eigenvalue weighted by atomic mass is 16.5. The molecule has 1 heterocycles. The maximum Gasteiger partial charge on any atom is 0.0715 e. The van der Waals surface area contributed by atoms with Crippen molar-refractivity contribution in [2.75, 3.05) is 19.8 Å². The molecule has 0 spiro atoms. The molecule has 0 aromatic rings. The van der Waals surface area contributed by atoms with Crippen molar-refractivity contribution in [2.45, 2.75) is 45.3 Å². The normalized spacial score (nSPS) is 24.4. The van der Waals surface area contributed by atoms with E-state index < -0.39 is 0 Å². The van der Waals surface area contributed by atoms with Gasteiger partial charge in [0.05, 0.1) is 12.7 Å². The minimum Gasteiger partial charge on any atom is -0.391 e. The Kier molecular flexibility index (Phi) is 5.45. The number of hydrogen-bond donors (Lipinski definition) is 2. The Hall–Kier alpha value is -0.120. The van der Waals surface area contributed by atoms with Crippen molar-refractivity contribution in [3.05, 3.63) is 0 Å². The maximum absolute atomic E-state index is 9.85. The van der Waals surface area contributed by atoms with Crippen molar-refractivity contribution in [1.82, 2.24) is 5.32 Å². The van der Waals surface area contributed by atoms with Gasteiger partial charge in [-0.2, -0.15) is 0 Å². The van der Waals surface area contributed by atoms with Crippen LogP contribution in [0, 0.1) is 5.92 Å². The standard InChI is InChI=1S/C11H23NO2/c1-3-10(4-2)12-7-11(13)9-5-6-14-8-9/h9-13H,3-8H2,1-2H3. The lowest BCUT2D eigenvalue weighted by atomic mass is 10.0. The number of rotatable bonds is 6.